The zero-order valence-electron chi connectivity index (χ0n) is 13.3. The lowest BCUT2D eigenvalue weighted by Crippen LogP contribution is -2.10. The number of benzene rings is 2. The van der Waals surface area contributed by atoms with E-state index < -0.39 is 6.16 Å². The molecule has 0 aliphatic heterocycles. The molecule has 0 saturated heterocycles. The first kappa shape index (κ1) is 15.9. The topological polar surface area (TPSA) is 44.8 Å². The van der Waals surface area contributed by atoms with Gasteiger partial charge in [0.15, 0.2) is 0 Å². The molecule has 0 aliphatic carbocycles. The highest BCUT2D eigenvalue weighted by molar-refractivity contribution is 5.64. The second-order valence-electron chi connectivity index (χ2n) is 5.17. The van der Waals surface area contributed by atoms with Gasteiger partial charge in [0.2, 0.25) is 0 Å². The van der Waals surface area contributed by atoms with Crippen LogP contribution in [0.3, 0.4) is 0 Å². The summed E-state index contributed by atoms with van der Waals surface area (Å²) < 4.78 is 15.6. The summed E-state index contributed by atoms with van der Waals surface area (Å²) in [6.07, 6.45) is -0.738. The zero-order chi connectivity index (χ0) is 16.1. The average molecular weight is 300 g/mol. The number of methoxy groups -OCH3 is 1. The van der Waals surface area contributed by atoms with Crippen molar-refractivity contribution in [2.24, 2.45) is 0 Å². The maximum atomic E-state index is 11.3. The summed E-state index contributed by atoms with van der Waals surface area (Å²) in [4.78, 5) is 11.3. The van der Waals surface area contributed by atoms with E-state index in [0.29, 0.717) is 12.4 Å². The molecular weight excluding hydrogens is 280 g/mol. The highest BCUT2D eigenvalue weighted by atomic mass is 16.7. The van der Waals surface area contributed by atoms with Crippen molar-refractivity contribution in [3.63, 3.8) is 0 Å². The standard InChI is InChI=1S/C18H20O4/c1-12-8-9-16(14(3)10-12)21-11-15-13(2)6-5-7-17(15)22-18(19)20-4/h5-10H,11H2,1-4H3. The van der Waals surface area contributed by atoms with Gasteiger partial charge in [-0.15, -0.1) is 0 Å². The van der Waals surface area contributed by atoms with E-state index in [1.807, 2.05) is 45.0 Å². The van der Waals surface area contributed by atoms with Crippen molar-refractivity contribution < 1.29 is 19.0 Å². The smallest absolute Gasteiger partial charge is 0.488 e. The third-order valence-electron chi connectivity index (χ3n) is 3.43. The first-order chi connectivity index (χ1) is 10.5. The molecule has 0 bridgehead atoms. The summed E-state index contributed by atoms with van der Waals surface area (Å²) in [5, 5.41) is 0. The summed E-state index contributed by atoms with van der Waals surface area (Å²) >= 11 is 0. The van der Waals surface area contributed by atoms with Crippen molar-refractivity contribution in [1.82, 2.24) is 0 Å². The molecule has 4 heteroatoms. The molecule has 2 aromatic rings. The maximum Gasteiger partial charge on any atom is 0.513 e. The molecule has 0 amide bonds. The third-order valence-corrected chi connectivity index (χ3v) is 3.43. The van der Waals surface area contributed by atoms with Gasteiger partial charge in [0.1, 0.15) is 18.1 Å². The molecule has 2 rings (SSSR count). The van der Waals surface area contributed by atoms with Crippen LogP contribution in [-0.2, 0) is 11.3 Å². The minimum Gasteiger partial charge on any atom is -0.488 e. The summed E-state index contributed by atoms with van der Waals surface area (Å²) in [6.45, 7) is 6.32. The van der Waals surface area contributed by atoms with Gasteiger partial charge in [-0.05, 0) is 44.0 Å². The number of carbonyl (C=O) groups is 1. The van der Waals surface area contributed by atoms with Crippen molar-refractivity contribution >= 4 is 6.16 Å². The molecule has 2 aromatic carbocycles. The maximum absolute atomic E-state index is 11.3. The van der Waals surface area contributed by atoms with Gasteiger partial charge in [-0.2, -0.15) is 0 Å². The van der Waals surface area contributed by atoms with Gasteiger partial charge in [-0.1, -0.05) is 29.8 Å². The number of carbonyl (C=O) groups excluding carboxylic acids is 1. The Labute approximate surface area is 130 Å². The lowest BCUT2D eigenvalue weighted by atomic mass is 10.1. The van der Waals surface area contributed by atoms with E-state index in [9.17, 15) is 4.79 Å². The fourth-order valence-corrected chi connectivity index (χ4v) is 2.20. The molecule has 0 unspecified atom stereocenters. The Morgan fingerprint density at radius 3 is 2.45 bits per heavy atom. The first-order valence-corrected chi connectivity index (χ1v) is 7.05. The van der Waals surface area contributed by atoms with E-state index in [2.05, 4.69) is 10.8 Å². The van der Waals surface area contributed by atoms with Crippen molar-refractivity contribution in [2.45, 2.75) is 27.4 Å². The van der Waals surface area contributed by atoms with Gasteiger partial charge in [0, 0.05) is 5.56 Å². The lowest BCUT2D eigenvalue weighted by molar-refractivity contribution is 0.120. The van der Waals surface area contributed by atoms with Crippen LogP contribution in [-0.4, -0.2) is 13.3 Å². The van der Waals surface area contributed by atoms with Crippen LogP contribution in [0.4, 0.5) is 4.79 Å². The second-order valence-corrected chi connectivity index (χ2v) is 5.17. The van der Waals surface area contributed by atoms with Gasteiger partial charge >= 0.3 is 6.16 Å². The van der Waals surface area contributed by atoms with Crippen LogP contribution in [0.15, 0.2) is 36.4 Å². The van der Waals surface area contributed by atoms with E-state index in [4.69, 9.17) is 9.47 Å². The Bertz CT molecular complexity index is 677. The quantitative estimate of drug-likeness (QED) is 0.622. The SMILES string of the molecule is COC(=O)Oc1cccc(C)c1COc1ccc(C)cc1C. The van der Waals surface area contributed by atoms with E-state index >= 15 is 0 Å². The van der Waals surface area contributed by atoms with Gasteiger partial charge in [-0.3, -0.25) is 0 Å². The highest BCUT2D eigenvalue weighted by Crippen LogP contribution is 2.26. The van der Waals surface area contributed by atoms with Crippen LogP contribution in [0.2, 0.25) is 0 Å². The number of aryl methyl sites for hydroxylation is 3. The molecule has 116 valence electrons. The molecule has 0 heterocycles. The molecule has 0 fully saturated rings. The molecule has 0 atom stereocenters. The van der Waals surface area contributed by atoms with Gasteiger partial charge in [-0.25, -0.2) is 4.79 Å². The number of rotatable bonds is 4. The van der Waals surface area contributed by atoms with Crippen LogP contribution in [0.25, 0.3) is 0 Å². The highest BCUT2D eigenvalue weighted by Gasteiger charge is 2.12. The minimum absolute atomic E-state index is 0.322. The molecule has 0 spiro atoms. The molecular formula is C18H20O4. The summed E-state index contributed by atoms with van der Waals surface area (Å²) in [5.74, 6) is 1.27. The van der Waals surface area contributed by atoms with Crippen LogP contribution >= 0.6 is 0 Å². The van der Waals surface area contributed by atoms with Gasteiger partial charge in [0.25, 0.3) is 0 Å². The molecule has 22 heavy (non-hydrogen) atoms. The van der Waals surface area contributed by atoms with Crippen LogP contribution in [0, 0.1) is 20.8 Å². The summed E-state index contributed by atoms with van der Waals surface area (Å²) in [6, 6.07) is 11.5. The van der Waals surface area contributed by atoms with E-state index in [1.165, 1.54) is 12.7 Å². The normalized spacial score (nSPS) is 10.2. The van der Waals surface area contributed by atoms with Gasteiger partial charge < -0.3 is 14.2 Å². The molecule has 0 radical (unpaired) electrons. The van der Waals surface area contributed by atoms with E-state index in [0.717, 1.165) is 22.4 Å². The summed E-state index contributed by atoms with van der Waals surface area (Å²) in [7, 11) is 1.28. The molecule has 0 aliphatic rings. The summed E-state index contributed by atoms with van der Waals surface area (Å²) in [5.41, 5.74) is 4.08. The largest absolute Gasteiger partial charge is 0.513 e. The van der Waals surface area contributed by atoms with E-state index in [1.54, 1.807) is 6.07 Å². The van der Waals surface area contributed by atoms with Crippen LogP contribution in [0.1, 0.15) is 22.3 Å². The Morgan fingerprint density at radius 1 is 1.00 bits per heavy atom. The Hall–Kier alpha value is -2.49. The number of hydrogen-bond donors (Lipinski definition) is 0. The molecule has 4 nitrogen and oxygen atoms in total. The Kier molecular flexibility index (Phi) is 5.04. The van der Waals surface area contributed by atoms with Crippen molar-refractivity contribution in [2.75, 3.05) is 7.11 Å². The fraction of sp³-hybridized carbons (Fsp3) is 0.278. The Morgan fingerprint density at radius 2 is 1.77 bits per heavy atom. The molecule has 0 saturated carbocycles. The Balaban J connectivity index is 2.19. The monoisotopic (exact) mass is 300 g/mol. The second kappa shape index (κ2) is 6.98. The van der Waals surface area contributed by atoms with Crippen molar-refractivity contribution in [1.29, 1.82) is 0 Å². The zero-order valence-corrected chi connectivity index (χ0v) is 13.3. The van der Waals surface area contributed by atoms with Crippen molar-refractivity contribution in [3.8, 4) is 11.5 Å². The average Bonchev–Trinajstić information content (AvgIpc) is 2.48. The fourth-order valence-electron chi connectivity index (χ4n) is 2.20. The molecule has 0 N–H and O–H groups in total. The number of ether oxygens (including phenoxy) is 3. The minimum atomic E-state index is -0.738. The van der Waals surface area contributed by atoms with E-state index in [-0.39, 0.29) is 0 Å². The third kappa shape index (κ3) is 3.79. The van der Waals surface area contributed by atoms with Crippen LogP contribution < -0.4 is 9.47 Å². The van der Waals surface area contributed by atoms with Gasteiger partial charge in [0.05, 0.1) is 7.11 Å². The van der Waals surface area contributed by atoms with Crippen molar-refractivity contribution in [3.05, 3.63) is 58.7 Å². The number of hydrogen-bond acceptors (Lipinski definition) is 4. The predicted molar refractivity (Wildman–Crippen MR) is 84.5 cm³/mol. The van der Waals surface area contributed by atoms with Crippen LogP contribution in [0.5, 0.6) is 11.5 Å². The predicted octanol–water partition coefficient (Wildman–Crippen LogP) is 4.34. The first-order valence-electron chi connectivity index (χ1n) is 7.05. The molecule has 0 aromatic heterocycles. The lowest BCUT2D eigenvalue weighted by Gasteiger charge is -2.14.